The molecule has 0 bridgehead atoms. The minimum Gasteiger partial charge on any atom is -0.326 e. The number of rotatable bonds is 4. The Morgan fingerprint density at radius 3 is 2.37 bits per heavy atom. The first-order valence-electron chi connectivity index (χ1n) is 7.54. The Kier molecular flexibility index (Phi) is 4.32. The zero-order valence-electron chi connectivity index (χ0n) is 12.8. The Morgan fingerprint density at radius 1 is 1.26 bits per heavy atom. The van der Waals surface area contributed by atoms with E-state index in [1.165, 1.54) is 30.5 Å². The van der Waals surface area contributed by atoms with Gasteiger partial charge in [-0.05, 0) is 52.1 Å². The van der Waals surface area contributed by atoms with E-state index >= 15 is 0 Å². The van der Waals surface area contributed by atoms with Crippen molar-refractivity contribution in [3.63, 3.8) is 0 Å². The molecule has 1 fully saturated rings. The van der Waals surface area contributed by atoms with Crippen molar-refractivity contribution in [2.75, 3.05) is 6.54 Å². The maximum absolute atomic E-state index is 6.45. The molecular formula is C17H28N2. The van der Waals surface area contributed by atoms with Crippen LogP contribution in [-0.2, 0) is 0 Å². The van der Waals surface area contributed by atoms with Gasteiger partial charge in [0.2, 0.25) is 0 Å². The predicted molar refractivity (Wildman–Crippen MR) is 82.2 cm³/mol. The minimum absolute atomic E-state index is 0.208. The van der Waals surface area contributed by atoms with Gasteiger partial charge >= 0.3 is 0 Å². The van der Waals surface area contributed by atoms with Gasteiger partial charge in [0.1, 0.15) is 0 Å². The van der Waals surface area contributed by atoms with E-state index < -0.39 is 0 Å². The monoisotopic (exact) mass is 260 g/mol. The van der Waals surface area contributed by atoms with Crippen LogP contribution in [0.3, 0.4) is 0 Å². The molecule has 0 aromatic heterocycles. The molecule has 1 aliphatic heterocycles. The number of benzene rings is 1. The van der Waals surface area contributed by atoms with E-state index in [1.54, 1.807) is 0 Å². The standard InChI is InChI=1S/C17H28N2/c1-5-15(18)16(14-9-7-13(2)8-10-14)19-12-6-11-17(19,3)4/h7-10,15-16H,5-6,11-12,18H2,1-4H3. The Labute approximate surface area is 118 Å². The molecule has 106 valence electrons. The van der Waals surface area contributed by atoms with E-state index in [1.807, 2.05) is 0 Å². The number of nitrogens with zero attached hydrogens (tertiary/aromatic N) is 1. The second-order valence-electron chi connectivity index (χ2n) is 6.54. The van der Waals surface area contributed by atoms with Crippen LogP contribution in [0.4, 0.5) is 0 Å². The quantitative estimate of drug-likeness (QED) is 0.895. The summed E-state index contributed by atoms with van der Waals surface area (Å²) in [6.07, 6.45) is 3.57. The summed E-state index contributed by atoms with van der Waals surface area (Å²) in [7, 11) is 0. The lowest BCUT2D eigenvalue weighted by Gasteiger charge is -2.41. The number of aryl methyl sites for hydroxylation is 1. The van der Waals surface area contributed by atoms with Crippen LogP contribution in [0.1, 0.15) is 57.2 Å². The summed E-state index contributed by atoms with van der Waals surface area (Å²) in [4.78, 5) is 2.62. The van der Waals surface area contributed by atoms with E-state index in [-0.39, 0.29) is 11.6 Å². The average molecular weight is 260 g/mol. The van der Waals surface area contributed by atoms with Gasteiger partial charge in [-0.15, -0.1) is 0 Å². The van der Waals surface area contributed by atoms with Gasteiger partial charge in [0.25, 0.3) is 0 Å². The molecule has 0 saturated carbocycles. The van der Waals surface area contributed by atoms with Gasteiger partial charge in [-0.1, -0.05) is 36.8 Å². The van der Waals surface area contributed by atoms with Crippen LogP contribution < -0.4 is 5.73 Å². The van der Waals surface area contributed by atoms with Gasteiger partial charge in [-0.3, -0.25) is 4.90 Å². The van der Waals surface area contributed by atoms with Crippen LogP contribution in [0.2, 0.25) is 0 Å². The minimum atomic E-state index is 0.208. The molecule has 0 spiro atoms. The van der Waals surface area contributed by atoms with E-state index in [0.717, 1.165) is 6.42 Å². The van der Waals surface area contributed by atoms with Crippen LogP contribution in [0.15, 0.2) is 24.3 Å². The molecule has 2 N–H and O–H groups in total. The van der Waals surface area contributed by atoms with Crippen molar-refractivity contribution in [3.05, 3.63) is 35.4 Å². The first kappa shape index (κ1) is 14.5. The number of hydrogen-bond donors (Lipinski definition) is 1. The molecule has 1 aliphatic rings. The van der Waals surface area contributed by atoms with Gasteiger partial charge in [-0.2, -0.15) is 0 Å². The highest BCUT2D eigenvalue weighted by Gasteiger charge is 2.39. The average Bonchev–Trinajstić information content (AvgIpc) is 2.72. The molecule has 2 unspecified atom stereocenters. The number of hydrogen-bond acceptors (Lipinski definition) is 2. The summed E-state index contributed by atoms with van der Waals surface area (Å²) < 4.78 is 0. The van der Waals surface area contributed by atoms with Gasteiger partial charge in [-0.25, -0.2) is 0 Å². The highest BCUT2D eigenvalue weighted by atomic mass is 15.2. The molecule has 0 amide bonds. The van der Waals surface area contributed by atoms with Crippen LogP contribution in [0, 0.1) is 6.92 Å². The molecule has 19 heavy (non-hydrogen) atoms. The Hall–Kier alpha value is -0.860. The molecule has 2 rings (SSSR count). The van der Waals surface area contributed by atoms with Crippen molar-refractivity contribution in [2.24, 2.45) is 5.73 Å². The first-order chi connectivity index (χ1) is 8.95. The van der Waals surface area contributed by atoms with Gasteiger partial charge < -0.3 is 5.73 Å². The Morgan fingerprint density at radius 2 is 1.89 bits per heavy atom. The molecule has 1 aromatic carbocycles. The van der Waals surface area contributed by atoms with Crippen LogP contribution >= 0.6 is 0 Å². The van der Waals surface area contributed by atoms with E-state index in [9.17, 15) is 0 Å². The zero-order valence-corrected chi connectivity index (χ0v) is 12.8. The SMILES string of the molecule is CCC(N)C(c1ccc(C)cc1)N1CCCC1(C)C. The molecule has 0 aliphatic carbocycles. The largest absolute Gasteiger partial charge is 0.326 e. The summed E-state index contributed by atoms with van der Waals surface area (Å²) in [5.41, 5.74) is 9.40. The molecule has 1 aromatic rings. The van der Waals surface area contributed by atoms with Crippen LogP contribution in [0.5, 0.6) is 0 Å². The third-order valence-corrected chi connectivity index (χ3v) is 4.60. The van der Waals surface area contributed by atoms with E-state index in [2.05, 4.69) is 56.9 Å². The summed E-state index contributed by atoms with van der Waals surface area (Å²) >= 11 is 0. The summed E-state index contributed by atoms with van der Waals surface area (Å²) in [6, 6.07) is 9.47. The lowest BCUT2D eigenvalue weighted by atomic mass is 9.91. The first-order valence-corrected chi connectivity index (χ1v) is 7.54. The van der Waals surface area contributed by atoms with Crippen molar-refractivity contribution in [2.45, 2.75) is 64.6 Å². The van der Waals surface area contributed by atoms with Gasteiger partial charge in [0.05, 0.1) is 6.04 Å². The second-order valence-corrected chi connectivity index (χ2v) is 6.54. The highest BCUT2D eigenvalue weighted by Crippen LogP contribution is 2.38. The van der Waals surface area contributed by atoms with E-state index in [0.29, 0.717) is 6.04 Å². The highest BCUT2D eigenvalue weighted by molar-refractivity contribution is 5.26. The van der Waals surface area contributed by atoms with Crippen molar-refractivity contribution >= 4 is 0 Å². The molecule has 2 nitrogen and oxygen atoms in total. The third-order valence-electron chi connectivity index (χ3n) is 4.60. The molecule has 2 atom stereocenters. The molecule has 2 heteroatoms. The maximum Gasteiger partial charge on any atom is 0.0504 e. The smallest absolute Gasteiger partial charge is 0.0504 e. The van der Waals surface area contributed by atoms with Crippen molar-refractivity contribution < 1.29 is 0 Å². The van der Waals surface area contributed by atoms with Crippen LogP contribution in [-0.4, -0.2) is 23.0 Å². The summed E-state index contributed by atoms with van der Waals surface area (Å²) in [5, 5.41) is 0. The topological polar surface area (TPSA) is 29.3 Å². The predicted octanol–water partition coefficient (Wildman–Crippen LogP) is 3.65. The van der Waals surface area contributed by atoms with Gasteiger partial charge in [0, 0.05) is 11.6 Å². The molecular weight excluding hydrogens is 232 g/mol. The summed E-state index contributed by atoms with van der Waals surface area (Å²) in [5.74, 6) is 0. The van der Waals surface area contributed by atoms with Crippen molar-refractivity contribution in [1.29, 1.82) is 0 Å². The second kappa shape index (κ2) is 5.64. The lowest BCUT2D eigenvalue weighted by Crippen LogP contribution is -2.47. The van der Waals surface area contributed by atoms with Crippen molar-refractivity contribution in [3.8, 4) is 0 Å². The van der Waals surface area contributed by atoms with Gasteiger partial charge in [0.15, 0.2) is 0 Å². The van der Waals surface area contributed by atoms with Crippen LogP contribution in [0.25, 0.3) is 0 Å². The third kappa shape index (κ3) is 3.01. The maximum atomic E-state index is 6.45. The van der Waals surface area contributed by atoms with E-state index in [4.69, 9.17) is 5.73 Å². The normalized spacial score (nSPS) is 22.4. The van der Waals surface area contributed by atoms with Crippen molar-refractivity contribution in [1.82, 2.24) is 4.90 Å². The Bertz CT molecular complexity index is 408. The fourth-order valence-electron chi connectivity index (χ4n) is 3.29. The molecule has 0 radical (unpaired) electrons. The number of likely N-dealkylation sites (tertiary alicyclic amines) is 1. The number of nitrogens with two attached hydrogens (primary N) is 1. The fraction of sp³-hybridized carbons (Fsp3) is 0.647. The molecule has 1 saturated heterocycles. The molecule has 1 heterocycles. The lowest BCUT2D eigenvalue weighted by molar-refractivity contribution is 0.0965. The zero-order chi connectivity index (χ0) is 14.0. The fourth-order valence-corrected chi connectivity index (χ4v) is 3.29. The summed E-state index contributed by atoms with van der Waals surface area (Å²) in [6.45, 7) is 10.2. The Balaban J connectivity index is 2.33.